The van der Waals surface area contributed by atoms with E-state index in [1.54, 1.807) is 11.0 Å². The predicted molar refractivity (Wildman–Crippen MR) is 85.6 cm³/mol. The Bertz CT molecular complexity index is 660. The zero-order valence-electron chi connectivity index (χ0n) is 11.9. The lowest BCUT2D eigenvalue weighted by Crippen LogP contribution is -2.31. The number of carbonyl (C=O) groups excluding carboxylic acids is 1. The highest BCUT2D eigenvalue weighted by atomic mass is 35.5. The number of para-hydroxylation sites is 1. The Morgan fingerprint density at radius 1 is 1.38 bits per heavy atom. The van der Waals surface area contributed by atoms with Crippen molar-refractivity contribution in [3.05, 3.63) is 52.7 Å². The number of aryl methyl sites for hydroxylation is 1. The fraction of sp³-hybridized carbons (Fsp3) is 0.200. The molecule has 1 aromatic heterocycles. The Balaban J connectivity index is 2.41. The van der Waals surface area contributed by atoms with Crippen molar-refractivity contribution in [3.8, 4) is 0 Å². The van der Waals surface area contributed by atoms with Crippen molar-refractivity contribution in [2.24, 2.45) is 5.84 Å². The molecule has 0 atom stereocenters. The molecule has 21 heavy (non-hydrogen) atoms. The molecule has 3 N–H and O–H groups in total. The van der Waals surface area contributed by atoms with Crippen molar-refractivity contribution >= 4 is 29.0 Å². The van der Waals surface area contributed by atoms with Crippen LogP contribution in [0.5, 0.6) is 0 Å². The molecule has 0 spiro atoms. The largest absolute Gasteiger partial charge is 0.308 e. The third kappa shape index (κ3) is 3.32. The van der Waals surface area contributed by atoms with Crippen LogP contribution in [0.1, 0.15) is 22.8 Å². The molecule has 0 fully saturated rings. The predicted octanol–water partition coefficient (Wildman–Crippen LogP) is 3.00. The highest BCUT2D eigenvalue weighted by molar-refractivity contribution is 6.30. The van der Waals surface area contributed by atoms with Gasteiger partial charge in [-0.05, 0) is 37.6 Å². The fourth-order valence-corrected chi connectivity index (χ4v) is 2.35. The Morgan fingerprint density at radius 2 is 2.10 bits per heavy atom. The van der Waals surface area contributed by atoms with Gasteiger partial charge in [0.25, 0.3) is 5.91 Å². The van der Waals surface area contributed by atoms with Crippen LogP contribution in [0.25, 0.3) is 0 Å². The van der Waals surface area contributed by atoms with E-state index < -0.39 is 0 Å². The molecular weight excluding hydrogens is 288 g/mol. The minimum atomic E-state index is -0.146. The third-order valence-corrected chi connectivity index (χ3v) is 3.35. The minimum absolute atomic E-state index is 0.146. The molecule has 0 unspecified atom stereocenters. The second-order valence-electron chi connectivity index (χ2n) is 4.54. The summed E-state index contributed by atoms with van der Waals surface area (Å²) >= 11 is 5.92. The molecule has 1 amide bonds. The first-order valence-electron chi connectivity index (χ1n) is 6.58. The normalized spacial score (nSPS) is 10.3. The Morgan fingerprint density at radius 3 is 2.71 bits per heavy atom. The molecule has 110 valence electrons. The number of nitrogens with one attached hydrogen (secondary N) is 1. The molecule has 0 aliphatic rings. The lowest BCUT2D eigenvalue weighted by atomic mass is 10.1. The van der Waals surface area contributed by atoms with Crippen molar-refractivity contribution in [3.63, 3.8) is 0 Å². The molecule has 0 aliphatic carbocycles. The number of aromatic nitrogens is 1. The van der Waals surface area contributed by atoms with Gasteiger partial charge < -0.3 is 10.3 Å². The van der Waals surface area contributed by atoms with E-state index in [2.05, 4.69) is 10.4 Å². The first-order valence-corrected chi connectivity index (χ1v) is 6.96. The van der Waals surface area contributed by atoms with Gasteiger partial charge in [0.2, 0.25) is 0 Å². The summed E-state index contributed by atoms with van der Waals surface area (Å²) in [7, 11) is 0. The lowest BCUT2D eigenvalue weighted by molar-refractivity contribution is 0.0988. The van der Waals surface area contributed by atoms with Crippen LogP contribution in [0.3, 0.4) is 0 Å². The van der Waals surface area contributed by atoms with Crippen LogP contribution in [0.2, 0.25) is 5.15 Å². The van der Waals surface area contributed by atoms with Gasteiger partial charge in [0.1, 0.15) is 11.0 Å². The van der Waals surface area contributed by atoms with Crippen molar-refractivity contribution in [1.29, 1.82) is 0 Å². The summed E-state index contributed by atoms with van der Waals surface area (Å²) in [5, 5.41) is 0.217. The van der Waals surface area contributed by atoms with Gasteiger partial charge in [0.05, 0.1) is 0 Å². The Labute approximate surface area is 128 Å². The number of halogens is 1. The summed E-state index contributed by atoms with van der Waals surface area (Å²) in [6.45, 7) is 4.45. The molecule has 1 heterocycles. The number of carbonyl (C=O) groups is 1. The second-order valence-corrected chi connectivity index (χ2v) is 4.93. The fourth-order valence-electron chi connectivity index (χ4n) is 2.14. The van der Waals surface area contributed by atoms with Gasteiger partial charge in [-0.1, -0.05) is 29.8 Å². The number of nitrogens with zero attached hydrogens (tertiary/aromatic N) is 2. The summed E-state index contributed by atoms with van der Waals surface area (Å²) in [4.78, 5) is 18.4. The standard InChI is InChI=1S/C15H17ClN4O/c1-3-20(12-7-5-4-6-10(12)2)15(21)11-8-13(16)18-14(9-11)19-17/h4-9H,3,17H2,1-2H3,(H,18,19). The van der Waals surface area contributed by atoms with E-state index in [9.17, 15) is 4.79 Å². The molecule has 5 nitrogen and oxygen atoms in total. The van der Waals surface area contributed by atoms with E-state index in [4.69, 9.17) is 17.4 Å². The number of pyridine rings is 1. The summed E-state index contributed by atoms with van der Waals surface area (Å²) in [5.41, 5.74) is 4.75. The Kier molecular flexibility index (Phi) is 4.77. The van der Waals surface area contributed by atoms with Crippen molar-refractivity contribution in [2.75, 3.05) is 16.9 Å². The van der Waals surface area contributed by atoms with Crippen LogP contribution >= 0.6 is 11.6 Å². The van der Waals surface area contributed by atoms with Gasteiger partial charge in [-0.2, -0.15) is 0 Å². The second kappa shape index (κ2) is 6.56. The molecule has 0 aliphatic heterocycles. The van der Waals surface area contributed by atoms with Crippen molar-refractivity contribution in [1.82, 2.24) is 4.98 Å². The summed E-state index contributed by atoms with van der Waals surface area (Å²) in [6, 6.07) is 10.8. The van der Waals surface area contributed by atoms with Crippen LogP contribution in [0, 0.1) is 6.92 Å². The SMILES string of the molecule is CCN(C(=O)c1cc(Cl)nc(NN)c1)c1ccccc1C. The quantitative estimate of drug-likeness (QED) is 0.517. The molecule has 0 saturated carbocycles. The maximum Gasteiger partial charge on any atom is 0.258 e. The number of amides is 1. The highest BCUT2D eigenvalue weighted by Gasteiger charge is 2.18. The molecular formula is C15H17ClN4O. The maximum atomic E-state index is 12.7. The monoisotopic (exact) mass is 304 g/mol. The van der Waals surface area contributed by atoms with Gasteiger partial charge in [0, 0.05) is 17.8 Å². The summed E-state index contributed by atoms with van der Waals surface area (Å²) < 4.78 is 0. The summed E-state index contributed by atoms with van der Waals surface area (Å²) in [5.74, 6) is 5.54. The topological polar surface area (TPSA) is 71.2 Å². The average molecular weight is 305 g/mol. The van der Waals surface area contributed by atoms with Gasteiger partial charge in [0.15, 0.2) is 0 Å². The average Bonchev–Trinajstić information content (AvgIpc) is 2.49. The van der Waals surface area contributed by atoms with Gasteiger partial charge in [-0.15, -0.1) is 0 Å². The Hall–Kier alpha value is -2.11. The van der Waals surface area contributed by atoms with Gasteiger partial charge in [-0.25, -0.2) is 10.8 Å². The van der Waals surface area contributed by atoms with E-state index in [1.807, 2.05) is 38.1 Å². The van der Waals surface area contributed by atoms with E-state index in [1.165, 1.54) is 6.07 Å². The molecule has 0 radical (unpaired) electrons. The number of anilines is 2. The van der Waals surface area contributed by atoms with E-state index in [0.717, 1.165) is 11.3 Å². The van der Waals surface area contributed by atoms with E-state index in [0.29, 0.717) is 17.9 Å². The van der Waals surface area contributed by atoms with E-state index >= 15 is 0 Å². The van der Waals surface area contributed by atoms with Crippen LogP contribution in [-0.4, -0.2) is 17.4 Å². The third-order valence-electron chi connectivity index (χ3n) is 3.16. The molecule has 0 saturated heterocycles. The zero-order chi connectivity index (χ0) is 15.4. The number of nitrogens with two attached hydrogens (primary N) is 1. The highest BCUT2D eigenvalue weighted by Crippen LogP contribution is 2.23. The van der Waals surface area contributed by atoms with Crippen molar-refractivity contribution in [2.45, 2.75) is 13.8 Å². The molecule has 6 heteroatoms. The van der Waals surface area contributed by atoms with Crippen LogP contribution < -0.4 is 16.2 Å². The van der Waals surface area contributed by atoms with Crippen molar-refractivity contribution < 1.29 is 4.79 Å². The van der Waals surface area contributed by atoms with Gasteiger partial charge in [-0.3, -0.25) is 4.79 Å². The molecule has 2 aromatic rings. The van der Waals surface area contributed by atoms with Crippen LogP contribution in [-0.2, 0) is 0 Å². The lowest BCUT2D eigenvalue weighted by Gasteiger charge is -2.23. The minimum Gasteiger partial charge on any atom is -0.308 e. The number of nitrogen functional groups attached to an aromatic ring is 1. The van der Waals surface area contributed by atoms with E-state index in [-0.39, 0.29) is 11.1 Å². The zero-order valence-corrected chi connectivity index (χ0v) is 12.7. The first kappa shape index (κ1) is 15.3. The van der Waals surface area contributed by atoms with Crippen LogP contribution in [0.15, 0.2) is 36.4 Å². The molecule has 2 rings (SSSR count). The molecule has 1 aromatic carbocycles. The first-order chi connectivity index (χ1) is 10.1. The number of hydrazine groups is 1. The van der Waals surface area contributed by atoms with Crippen LogP contribution in [0.4, 0.5) is 11.5 Å². The number of rotatable bonds is 4. The van der Waals surface area contributed by atoms with Gasteiger partial charge >= 0.3 is 0 Å². The molecule has 0 bridgehead atoms. The number of benzene rings is 1. The number of hydrogen-bond donors (Lipinski definition) is 2. The smallest absolute Gasteiger partial charge is 0.258 e. The summed E-state index contributed by atoms with van der Waals surface area (Å²) in [6.07, 6.45) is 0. The number of hydrogen-bond acceptors (Lipinski definition) is 4. The maximum absolute atomic E-state index is 12.7.